The lowest BCUT2D eigenvalue weighted by Crippen LogP contribution is -2.27. The molecule has 5 heteroatoms. The minimum absolute atomic E-state index is 0.0551. The Morgan fingerprint density at radius 2 is 2.21 bits per heavy atom. The number of ether oxygens (including phenoxy) is 2. The maximum Gasteiger partial charge on any atom is 0.354 e. The highest BCUT2D eigenvalue weighted by atomic mass is 16.5. The Labute approximate surface area is 112 Å². The summed E-state index contributed by atoms with van der Waals surface area (Å²) >= 11 is 0. The van der Waals surface area contributed by atoms with E-state index in [0.717, 1.165) is 25.7 Å². The summed E-state index contributed by atoms with van der Waals surface area (Å²) in [6.07, 6.45) is 4.56. The van der Waals surface area contributed by atoms with Gasteiger partial charge in [0.25, 0.3) is 0 Å². The molecule has 19 heavy (non-hydrogen) atoms. The second kappa shape index (κ2) is 6.63. The third-order valence-electron chi connectivity index (χ3n) is 3.40. The zero-order valence-corrected chi connectivity index (χ0v) is 11.0. The third kappa shape index (κ3) is 4.01. The predicted octanol–water partition coefficient (Wildman–Crippen LogP) is 2.25. The molecule has 5 nitrogen and oxygen atoms in total. The number of aromatic nitrogens is 1. The number of hydrogen-bond acceptors (Lipinski definition) is 4. The molecule has 1 aromatic heterocycles. The summed E-state index contributed by atoms with van der Waals surface area (Å²) < 4.78 is 11.2. The van der Waals surface area contributed by atoms with Crippen LogP contribution in [-0.4, -0.2) is 35.4 Å². The van der Waals surface area contributed by atoms with E-state index in [2.05, 4.69) is 4.98 Å². The van der Waals surface area contributed by atoms with Crippen LogP contribution >= 0.6 is 0 Å². The fourth-order valence-corrected chi connectivity index (χ4v) is 2.35. The van der Waals surface area contributed by atoms with Gasteiger partial charge >= 0.3 is 5.97 Å². The molecule has 1 aliphatic carbocycles. The second-order valence-corrected chi connectivity index (χ2v) is 4.78. The molecular formula is C14H19NO4. The van der Waals surface area contributed by atoms with Crippen LogP contribution in [0.1, 0.15) is 41.9 Å². The van der Waals surface area contributed by atoms with E-state index >= 15 is 0 Å². The highest BCUT2D eigenvalue weighted by Gasteiger charge is 2.22. The van der Waals surface area contributed by atoms with Crippen molar-refractivity contribution in [3.63, 3.8) is 0 Å². The fraction of sp³-hybridized carbons (Fsp3) is 0.571. The molecule has 0 bridgehead atoms. The van der Waals surface area contributed by atoms with Gasteiger partial charge in [-0.3, -0.25) is 0 Å². The molecule has 0 aromatic carbocycles. The van der Waals surface area contributed by atoms with Crippen LogP contribution < -0.4 is 0 Å². The Balaban J connectivity index is 1.88. The van der Waals surface area contributed by atoms with Gasteiger partial charge in [-0.2, -0.15) is 0 Å². The van der Waals surface area contributed by atoms with Crippen molar-refractivity contribution in [2.45, 2.75) is 44.5 Å². The second-order valence-electron chi connectivity index (χ2n) is 4.78. The molecule has 0 spiro atoms. The van der Waals surface area contributed by atoms with Gasteiger partial charge in [-0.15, -0.1) is 0 Å². The highest BCUT2D eigenvalue weighted by molar-refractivity contribution is 5.85. The number of nitrogens with zero attached hydrogens (tertiary/aromatic N) is 1. The van der Waals surface area contributed by atoms with E-state index in [1.165, 1.54) is 6.07 Å². The first-order chi connectivity index (χ1) is 9.19. The van der Waals surface area contributed by atoms with Crippen LogP contribution in [0.3, 0.4) is 0 Å². The minimum Gasteiger partial charge on any atom is -0.477 e. The number of rotatable bonds is 5. The fourth-order valence-electron chi connectivity index (χ4n) is 2.35. The summed E-state index contributed by atoms with van der Waals surface area (Å²) in [6, 6.07) is 4.95. The molecule has 2 atom stereocenters. The Morgan fingerprint density at radius 3 is 2.95 bits per heavy atom. The summed E-state index contributed by atoms with van der Waals surface area (Å²) in [5.74, 6) is -1.01. The number of carboxylic acids is 1. The van der Waals surface area contributed by atoms with Gasteiger partial charge < -0.3 is 14.6 Å². The first kappa shape index (κ1) is 14.0. The maximum atomic E-state index is 10.8. The predicted molar refractivity (Wildman–Crippen MR) is 69.0 cm³/mol. The summed E-state index contributed by atoms with van der Waals surface area (Å²) in [4.78, 5) is 14.9. The van der Waals surface area contributed by atoms with Gasteiger partial charge in [0.2, 0.25) is 0 Å². The van der Waals surface area contributed by atoms with Crippen LogP contribution in [0.25, 0.3) is 0 Å². The summed E-state index contributed by atoms with van der Waals surface area (Å²) in [5.41, 5.74) is 0.707. The van der Waals surface area contributed by atoms with Crippen molar-refractivity contribution in [1.82, 2.24) is 4.98 Å². The first-order valence-corrected chi connectivity index (χ1v) is 6.52. The zero-order chi connectivity index (χ0) is 13.7. The van der Waals surface area contributed by atoms with Crippen LogP contribution in [0.15, 0.2) is 18.2 Å². The molecular weight excluding hydrogens is 246 g/mol. The molecule has 0 aliphatic heterocycles. The van der Waals surface area contributed by atoms with Gasteiger partial charge in [0, 0.05) is 7.11 Å². The lowest BCUT2D eigenvalue weighted by molar-refractivity contribution is -0.0372. The topological polar surface area (TPSA) is 68.7 Å². The average Bonchev–Trinajstić information content (AvgIpc) is 2.45. The van der Waals surface area contributed by atoms with Gasteiger partial charge in [0.1, 0.15) is 5.69 Å². The van der Waals surface area contributed by atoms with Crippen molar-refractivity contribution in [2.24, 2.45) is 0 Å². The van der Waals surface area contributed by atoms with Gasteiger partial charge in [-0.1, -0.05) is 6.07 Å². The van der Waals surface area contributed by atoms with Crippen molar-refractivity contribution < 1.29 is 19.4 Å². The number of hydrogen-bond donors (Lipinski definition) is 1. The van der Waals surface area contributed by atoms with Crippen molar-refractivity contribution >= 4 is 5.97 Å². The molecule has 104 valence electrons. The lowest BCUT2D eigenvalue weighted by Gasteiger charge is -2.28. The van der Waals surface area contributed by atoms with E-state index in [9.17, 15) is 4.79 Å². The quantitative estimate of drug-likeness (QED) is 0.884. The van der Waals surface area contributed by atoms with Crippen LogP contribution in [0, 0.1) is 0 Å². The standard InChI is InChI=1S/C14H19NO4/c1-18-11-5-3-6-12(8-11)19-9-10-4-2-7-13(15-10)14(16)17/h2,4,7,11-12H,3,5-6,8-9H2,1H3,(H,16,17). The smallest absolute Gasteiger partial charge is 0.354 e. The minimum atomic E-state index is -1.01. The first-order valence-electron chi connectivity index (χ1n) is 6.52. The van der Waals surface area contributed by atoms with Gasteiger partial charge in [-0.25, -0.2) is 9.78 Å². The van der Waals surface area contributed by atoms with E-state index in [1.54, 1.807) is 19.2 Å². The summed E-state index contributed by atoms with van der Waals surface area (Å²) in [6.45, 7) is 0.349. The Bertz CT molecular complexity index is 435. The lowest BCUT2D eigenvalue weighted by atomic mass is 9.95. The highest BCUT2D eigenvalue weighted by Crippen LogP contribution is 2.23. The number of carboxylic acid groups (broad SMARTS) is 1. The molecule has 1 saturated carbocycles. The Kier molecular flexibility index (Phi) is 4.87. The summed E-state index contributed by atoms with van der Waals surface area (Å²) in [7, 11) is 1.73. The van der Waals surface area contributed by atoms with Crippen molar-refractivity contribution in [1.29, 1.82) is 0 Å². The number of carbonyl (C=O) groups is 1. The van der Waals surface area contributed by atoms with Crippen LogP contribution in [0.2, 0.25) is 0 Å². The van der Waals surface area contributed by atoms with Crippen molar-refractivity contribution in [2.75, 3.05) is 7.11 Å². The molecule has 2 rings (SSSR count). The van der Waals surface area contributed by atoms with Crippen LogP contribution in [0.4, 0.5) is 0 Å². The van der Waals surface area contributed by atoms with Crippen molar-refractivity contribution in [3.8, 4) is 0 Å². The number of aromatic carboxylic acids is 1. The van der Waals surface area contributed by atoms with E-state index in [1.807, 2.05) is 0 Å². The van der Waals surface area contributed by atoms with E-state index in [0.29, 0.717) is 12.3 Å². The Hall–Kier alpha value is -1.46. The zero-order valence-electron chi connectivity index (χ0n) is 11.0. The molecule has 0 saturated heterocycles. The monoisotopic (exact) mass is 265 g/mol. The van der Waals surface area contributed by atoms with E-state index in [4.69, 9.17) is 14.6 Å². The number of methoxy groups -OCH3 is 1. The molecule has 1 fully saturated rings. The molecule has 0 amide bonds. The third-order valence-corrected chi connectivity index (χ3v) is 3.40. The van der Waals surface area contributed by atoms with Gasteiger partial charge in [0.15, 0.2) is 0 Å². The molecule has 1 heterocycles. The van der Waals surface area contributed by atoms with E-state index in [-0.39, 0.29) is 17.9 Å². The molecule has 0 radical (unpaired) electrons. The molecule has 1 aliphatic rings. The van der Waals surface area contributed by atoms with Gasteiger partial charge in [-0.05, 0) is 37.8 Å². The maximum absolute atomic E-state index is 10.8. The van der Waals surface area contributed by atoms with E-state index < -0.39 is 5.97 Å². The largest absolute Gasteiger partial charge is 0.477 e. The Morgan fingerprint density at radius 1 is 1.42 bits per heavy atom. The van der Waals surface area contributed by atoms with Crippen molar-refractivity contribution in [3.05, 3.63) is 29.6 Å². The summed E-state index contributed by atoms with van der Waals surface area (Å²) in [5, 5.41) is 8.87. The van der Waals surface area contributed by atoms with Crippen LogP contribution in [-0.2, 0) is 16.1 Å². The normalized spacial score (nSPS) is 23.2. The molecule has 2 unspecified atom stereocenters. The van der Waals surface area contributed by atoms with Gasteiger partial charge in [0.05, 0.1) is 24.5 Å². The molecule has 1 aromatic rings. The average molecular weight is 265 g/mol. The molecule has 1 N–H and O–H groups in total. The SMILES string of the molecule is COC1CCCC(OCc2cccc(C(=O)O)n2)C1. The number of pyridine rings is 1. The van der Waals surface area contributed by atoms with Crippen LogP contribution in [0.5, 0.6) is 0 Å².